The molecule has 1 amide bonds. The van der Waals surface area contributed by atoms with Gasteiger partial charge in [-0.2, -0.15) is 5.10 Å². The van der Waals surface area contributed by atoms with E-state index in [4.69, 9.17) is 14.2 Å². The lowest BCUT2D eigenvalue weighted by molar-refractivity contribution is -0.141. The number of hydrogen-bond acceptors (Lipinski definition) is 5. The number of likely N-dealkylation sites (tertiary alicyclic amines) is 1. The number of aromatic nitrogens is 2. The fourth-order valence-electron chi connectivity index (χ4n) is 4.85. The van der Waals surface area contributed by atoms with Crippen molar-refractivity contribution in [1.82, 2.24) is 14.7 Å². The van der Waals surface area contributed by atoms with Crippen LogP contribution < -0.4 is 9.47 Å². The third-order valence-corrected chi connectivity index (χ3v) is 6.53. The number of carbonyl (C=O) groups excluding carboxylic acids is 1. The van der Waals surface area contributed by atoms with Gasteiger partial charge in [0.1, 0.15) is 6.54 Å². The zero-order valence-electron chi connectivity index (χ0n) is 18.0. The van der Waals surface area contributed by atoms with E-state index in [1.54, 1.807) is 18.9 Å². The average Bonchev–Trinajstić information content (AvgIpc) is 3.21. The summed E-state index contributed by atoms with van der Waals surface area (Å²) in [5.41, 5.74) is 2.95. The summed E-state index contributed by atoms with van der Waals surface area (Å²) in [4.78, 5) is 14.9. The number of rotatable bonds is 4. The van der Waals surface area contributed by atoms with Crippen LogP contribution in [-0.2, 0) is 28.1 Å². The Morgan fingerprint density at radius 3 is 2.61 bits per heavy atom. The monoisotopic (exact) mass is 421 g/mol. The molecule has 0 bridgehead atoms. The van der Waals surface area contributed by atoms with Crippen molar-refractivity contribution in [3.8, 4) is 11.5 Å². The Kier molecular flexibility index (Phi) is 5.06. The molecule has 0 atom stereocenters. The largest absolute Gasteiger partial charge is 0.493 e. The molecule has 0 radical (unpaired) electrons. The van der Waals surface area contributed by atoms with Crippen LogP contribution in [0.3, 0.4) is 0 Å². The fraction of sp³-hybridized carbons (Fsp3) is 0.417. The molecule has 1 aromatic heterocycles. The van der Waals surface area contributed by atoms with Crippen LogP contribution in [0.25, 0.3) is 10.9 Å². The van der Waals surface area contributed by atoms with Crippen LogP contribution in [0, 0.1) is 0 Å². The van der Waals surface area contributed by atoms with Crippen LogP contribution in [0.4, 0.5) is 0 Å². The van der Waals surface area contributed by atoms with Crippen LogP contribution in [0.5, 0.6) is 11.5 Å². The van der Waals surface area contributed by atoms with Gasteiger partial charge >= 0.3 is 0 Å². The van der Waals surface area contributed by atoms with Crippen molar-refractivity contribution in [2.75, 3.05) is 33.9 Å². The second-order valence-corrected chi connectivity index (χ2v) is 8.22. The Labute approximate surface area is 181 Å². The van der Waals surface area contributed by atoms with Gasteiger partial charge in [0.15, 0.2) is 11.5 Å². The van der Waals surface area contributed by atoms with E-state index in [1.807, 2.05) is 35.4 Å². The predicted molar refractivity (Wildman–Crippen MR) is 116 cm³/mol. The number of amides is 1. The standard InChI is InChI=1S/C24H27N3O4/c1-29-21-13-17-7-12-31-24(19(17)14-22(21)30-2)8-10-26(11-9-24)23(28)16-27-15-18-5-3-4-6-20(18)25-27/h3-6,13-15H,7-12,16H2,1-2H3. The molecule has 3 heterocycles. The molecule has 7 nitrogen and oxygen atoms in total. The highest BCUT2D eigenvalue weighted by atomic mass is 16.5. The Morgan fingerprint density at radius 2 is 1.87 bits per heavy atom. The minimum Gasteiger partial charge on any atom is -0.493 e. The first-order chi connectivity index (χ1) is 15.1. The van der Waals surface area contributed by atoms with Crippen molar-refractivity contribution in [2.45, 2.75) is 31.4 Å². The van der Waals surface area contributed by atoms with E-state index >= 15 is 0 Å². The SMILES string of the molecule is COc1cc2c(cc1OC)C1(CCN(C(=O)Cn3cc4ccccc4n3)CC1)OCC2. The molecular formula is C24H27N3O4. The molecule has 2 aromatic carbocycles. The molecule has 3 aromatic rings. The van der Waals surface area contributed by atoms with Crippen molar-refractivity contribution in [1.29, 1.82) is 0 Å². The first kappa shape index (κ1) is 19.9. The molecular weight excluding hydrogens is 394 g/mol. The van der Waals surface area contributed by atoms with Crippen molar-refractivity contribution < 1.29 is 19.0 Å². The first-order valence-electron chi connectivity index (χ1n) is 10.7. The van der Waals surface area contributed by atoms with E-state index in [0.29, 0.717) is 19.7 Å². The number of ether oxygens (including phenoxy) is 3. The Bertz CT molecular complexity index is 1080. The summed E-state index contributed by atoms with van der Waals surface area (Å²) in [5.74, 6) is 1.55. The molecule has 31 heavy (non-hydrogen) atoms. The molecule has 7 heteroatoms. The molecule has 1 spiro atoms. The Hall–Kier alpha value is -3.06. The number of hydrogen-bond donors (Lipinski definition) is 0. The summed E-state index contributed by atoms with van der Waals surface area (Å²) in [6, 6.07) is 12.0. The van der Waals surface area contributed by atoms with Crippen LogP contribution >= 0.6 is 0 Å². The van der Waals surface area contributed by atoms with E-state index in [0.717, 1.165) is 41.7 Å². The van der Waals surface area contributed by atoms with Gasteiger partial charge in [-0.1, -0.05) is 18.2 Å². The molecule has 2 aliphatic heterocycles. The Morgan fingerprint density at radius 1 is 1.13 bits per heavy atom. The van der Waals surface area contributed by atoms with E-state index in [9.17, 15) is 4.79 Å². The highest BCUT2D eigenvalue weighted by Crippen LogP contribution is 2.45. The molecule has 162 valence electrons. The topological polar surface area (TPSA) is 65.8 Å². The number of benzene rings is 2. The quantitative estimate of drug-likeness (QED) is 0.648. The number of carbonyl (C=O) groups is 1. The molecule has 0 saturated carbocycles. The third-order valence-electron chi connectivity index (χ3n) is 6.53. The Balaban J connectivity index is 1.31. The van der Waals surface area contributed by atoms with Crippen LogP contribution in [-0.4, -0.2) is 54.5 Å². The maximum atomic E-state index is 12.9. The molecule has 0 N–H and O–H groups in total. The van der Waals surface area contributed by atoms with Gasteiger partial charge in [0, 0.05) is 24.7 Å². The van der Waals surface area contributed by atoms with Crippen LogP contribution in [0.2, 0.25) is 0 Å². The molecule has 0 unspecified atom stereocenters. The smallest absolute Gasteiger partial charge is 0.244 e. The van der Waals surface area contributed by atoms with Crippen LogP contribution in [0.1, 0.15) is 24.0 Å². The molecule has 2 aliphatic rings. The van der Waals surface area contributed by atoms with Crippen molar-refractivity contribution in [3.05, 3.63) is 53.7 Å². The lowest BCUT2D eigenvalue weighted by Crippen LogP contribution is -2.49. The van der Waals surface area contributed by atoms with Crippen molar-refractivity contribution >= 4 is 16.8 Å². The maximum Gasteiger partial charge on any atom is 0.244 e. The van der Waals surface area contributed by atoms with Crippen molar-refractivity contribution in [2.24, 2.45) is 0 Å². The van der Waals surface area contributed by atoms with Gasteiger partial charge in [-0.05, 0) is 48.6 Å². The average molecular weight is 421 g/mol. The molecule has 5 rings (SSSR count). The summed E-state index contributed by atoms with van der Waals surface area (Å²) in [7, 11) is 3.31. The molecule has 0 aliphatic carbocycles. The molecule has 1 fully saturated rings. The third kappa shape index (κ3) is 3.53. The lowest BCUT2D eigenvalue weighted by atomic mass is 9.79. The second-order valence-electron chi connectivity index (χ2n) is 8.22. The number of piperidine rings is 1. The van der Waals surface area contributed by atoms with Gasteiger partial charge in [0.25, 0.3) is 0 Å². The van der Waals surface area contributed by atoms with Gasteiger partial charge < -0.3 is 19.1 Å². The summed E-state index contributed by atoms with van der Waals surface area (Å²) in [6.45, 7) is 2.25. The van der Waals surface area contributed by atoms with Crippen LogP contribution in [0.15, 0.2) is 42.6 Å². The van der Waals surface area contributed by atoms with E-state index in [-0.39, 0.29) is 18.1 Å². The number of nitrogens with zero attached hydrogens (tertiary/aromatic N) is 3. The van der Waals surface area contributed by atoms with E-state index in [1.165, 1.54) is 11.1 Å². The summed E-state index contributed by atoms with van der Waals surface area (Å²) < 4.78 is 19.1. The van der Waals surface area contributed by atoms with E-state index in [2.05, 4.69) is 17.2 Å². The van der Waals surface area contributed by atoms with Crippen molar-refractivity contribution in [3.63, 3.8) is 0 Å². The van der Waals surface area contributed by atoms with Gasteiger partial charge in [0.2, 0.25) is 5.91 Å². The van der Waals surface area contributed by atoms with E-state index < -0.39 is 0 Å². The zero-order chi connectivity index (χ0) is 21.4. The molecule has 1 saturated heterocycles. The van der Waals surface area contributed by atoms with Gasteiger partial charge in [0.05, 0.1) is 31.9 Å². The number of methoxy groups -OCH3 is 2. The number of fused-ring (bicyclic) bond motifs is 3. The minimum absolute atomic E-state index is 0.0889. The highest BCUT2D eigenvalue weighted by Gasteiger charge is 2.42. The second kappa shape index (κ2) is 7.89. The summed E-state index contributed by atoms with van der Waals surface area (Å²) in [5, 5.41) is 5.56. The minimum atomic E-state index is -0.371. The summed E-state index contributed by atoms with van der Waals surface area (Å²) >= 11 is 0. The first-order valence-corrected chi connectivity index (χ1v) is 10.7. The fourth-order valence-corrected chi connectivity index (χ4v) is 4.85. The zero-order valence-corrected chi connectivity index (χ0v) is 18.0. The highest BCUT2D eigenvalue weighted by molar-refractivity contribution is 5.80. The maximum absolute atomic E-state index is 12.9. The van der Waals surface area contributed by atoms with Gasteiger partial charge in [-0.3, -0.25) is 9.48 Å². The lowest BCUT2D eigenvalue weighted by Gasteiger charge is -2.45. The normalized spacial score (nSPS) is 17.5. The predicted octanol–water partition coefficient (Wildman–Crippen LogP) is 3.14. The van der Waals surface area contributed by atoms with Gasteiger partial charge in [-0.25, -0.2) is 0 Å². The summed E-state index contributed by atoms with van der Waals surface area (Å²) in [6.07, 6.45) is 4.32. The van der Waals surface area contributed by atoms with Gasteiger partial charge in [-0.15, -0.1) is 0 Å².